The molecular weight excluding hydrogens is 251 g/mol. The average Bonchev–Trinajstić information content (AvgIpc) is 2.97. The molecule has 2 fully saturated rings. The Bertz CT molecular complexity index is 454. The van der Waals surface area contributed by atoms with Gasteiger partial charge < -0.3 is 5.32 Å². The predicted molar refractivity (Wildman–Crippen MR) is 80.2 cm³/mol. The van der Waals surface area contributed by atoms with Crippen molar-refractivity contribution in [3.63, 3.8) is 0 Å². The molecule has 2 atom stereocenters. The van der Waals surface area contributed by atoms with Crippen LogP contribution >= 0.6 is 0 Å². The Kier molecular flexibility index (Phi) is 4.37. The summed E-state index contributed by atoms with van der Waals surface area (Å²) in [6, 6.07) is 6.38. The van der Waals surface area contributed by atoms with E-state index in [-0.39, 0.29) is 5.82 Å². The van der Waals surface area contributed by atoms with E-state index in [1.165, 1.54) is 32.2 Å². The van der Waals surface area contributed by atoms with Gasteiger partial charge in [-0.3, -0.25) is 4.90 Å². The minimum Gasteiger partial charge on any atom is -0.314 e. The minimum absolute atomic E-state index is 0.0754. The molecule has 0 amide bonds. The molecule has 3 heteroatoms. The molecule has 2 unspecified atom stereocenters. The van der Waals surface area contributed by atoms with Gasteiger partial charge in [-0.2, -0.15) is 0 Å². The van der Waals surface area contributed by atoms with Crippen molar-refractivity contribution in [1.29, 1.82) is 0 Å². The SMILES string of the molecule is Cc1ccc(CN2CCCC(C3CCCN3)C2)cc1F. The Hall–Kier alpha value is -0.930. The molecule has 0 bridgehead atoms. The molecule has 0 saturated carbocycles. The third kappa shape index (κ3) is 3.21. The zero-order valence-electron chi connectivity index (χ0n) is 12.4. The number of nitrogens with zero attached hydrogens (tertiary/aromatic N) is 1. The molecular formula is C17H25FN2. The molecule has 2 saturated heterocycles. The Balaban J connectivity index is 1.60. The molecule has 2 nitrogen and oxygen atoms in total. The molecule has 0 spiro atoms. The molecule has 0 aliphatic carbocycles. The number of halogens is 1. The van der Waals surface area contributed by atoms with Crippen LogP contribution in [0, 0.1) is 18.7 Å². The van der Waals surface area contributed by atoms with E-state index in [4.69, 9.17) is 0 Å². The molecule has 0 radical (unpaired) electrons. The summed E-state index contributed by atoms with van der Waals surface area (Å²) in [5.41, 5.74) is 1.84. The topological polar surface area (TPSA) is 15.3 Å². The third-order valence-corrected chi connectivity index (χ3v) is 4.85. The van der Waals surface area contributed by atoms with Gasteiger partial charge in [0.25, 0.3) is 0 Å². The van der Waals surface area contributed by atoms with Crippen LogP contribution < -0.4 is 5.32 Å². The molecule has 2 heterocycles. The van der Waals surface area contributed by atoms with Crippen molar-refractivity contribution in [2.24, 2.45) is 5.92 Å². The summed E-state index contributed by atoms with van der Waals surface area (Å²) >= 11 is 0. The second kappa shape index (κ2) is 6.23. The monoisotopic (exact) mass is 276 g/mol. The van der Waals surface area contributed by atoms with E-state index in [2.05, 4.69) is 16.3 Å². The highest BCUT2D eigenvalue weighted by Crippen LogP contribution is 2.25. The quantitative estimate of drug-likeness (QED) is 0.912. The maximum atomic E-state index is 13.6. The first-order chi connectivity index (χ1) is 9.72. The molecule has 1 aromatic rings. The van der Waals surface area contributed by atoms with Gasteiger partial charge in [0, 0.05) is 19.1 Å². The third-order valence-electron chi connectivity index (χ3n) is 4.85. The standard InChI is InChI=1S/C17H25FN2/c1-13-6-7-14(10-16(13)18)11-20-9-3-4-15(12-20)17-5-2-8-19-17/h6-7,10,15,17,19H,2-5,8-9,11-12H2,1H3. The predicted octanol–water partition coefficient (Wildman–Crippen LogP) is 3.10. The molecule has 0 aromatic heterocycles. The fraction of sp³-hybridized carbons (Fsp3) is 0.647. The summed E-state index contributed by atoms with van der Waals surface area (Å²) < 4.78 is 13.6. The first-order valence-electron chi connectivity index (χ1n) is 7.93. The lowest BCUT2D eigenvalue weighted by Crippen LogP contribution is -2.43. The van der Waals surface area contributed by atoms with Crippen LogP contribution in [0.4, 0.5) is 4.39 Å². The largest absolute Gasteiger partial charge is 0.314 e. The van der Waals surface area contributed by atoms with Crippen LogP contribution in [0.15, 0.2) is 18.2 Å². The Morgan fingerprint density at radius 1 is 1.30 bits per heavy atom. The van der Waals surface area contributed by atoms with Gasteiger partial charge in [-0.1, -0.05) is 12.1 Å². The van der Waals surface area contributed by atoms with Crippen molar-refractivity contribution < 1.29 is 4.39 Å². The summed E-state index contributed by atoms with van der Waals surface area (Å²) in [6.45, 7) is 6.21. The maximum absolute atomic E-state index is 13.6. The lowest BCUT2D eigenvalue weighted by Gasteiger charge is -2.35. The summed E-state index contributed by atoms with van der Waals surface area (Å²) in [5, 5.41) is 3.64. The van der Waals surface area contributed by atoms with Gasteiger partial charge >= 0.3 is 0 Å². The minimum atomic E-state index is -0.0754. The van der Waals surface area contributed by atoms with Crippen LogP contribution in [-0.2, 0) is 6.54 Å². The van der Waals surface area contributed by atoms with Crippen LogP contribution in [0.2, 0.25) is 0 Å². The van der Waals surface area contributed by atoms with E-state index < -0.39 is 0 Å². The summed E-state index contributed by atoms with van der Waals surface area (Å²) in [6.07, 6.45) is 5.27. The molecule has 1 N–H and O–H groups in total. The molecule has 110 valence electrons. The highest BCUT2D eigenvalue weighted by molar-refractivity contribution is 5.23. The van der Waals surface area contributed by atoms with Crippen LogP contribution in [-0.4, -0.2) is 30.6 Å². The van der Waals surface area contributed by atoms with Crippen LogP contribution in [0.3, 0.4) is 0 Å². The number of likely N-dealkylation sites (tertiary alicyclic amines) is 1. The Labute approximate surface area is 121 Å². The summed E-state index contributed by atoms with van der Waals surface area (Å²) in [4.78, 5) is 2.50. The summed E-state index contributed by atoms with van der Waals surface area (Å²) in [5.74, 6) is 0.704. The number of hydrogen-bond donors (Lipinski definition) is 1. The van der Waals surface area contributed by atoms with Gasteiger partial charge in [0.15, 0.2) is 0 Å². The van der Waals surface area contributed by atoms with E-state index in [0.29, 0.717) is 6.04 Å². The number of nitrogens with one attached hydrogen (secondary N) is 1. The number of rotatable bonds is 3. The van der Waals surface area contributed by atoms with E-state index in [9.17, 15) is 4.39 Å². The van der Waals surface area contributed by atoms with E-state index in [1.54, 1.807) is 6.07 Å². The van der Waals surface area contributed by atoms with E-state index in [0.717, 1.165) is 36.7 Å². The molecule has 3 rings (SSSR count). The number of benzene rings is 1. The van der Waals surface area contributed by atoms with Gasteiger partial charge in [-0.15, -0.1) is 0 Å². The van der Waals surface area contributed by atoms with Crippen LogP contribution in [0.1, 0.15) is 36.8 Å². The van der Waals surface area contributed by atoms with Crippen molar-refractivity contribution in [2.75, 3.05) is 19.6 Å². The van der Waals surface area contributed by atoms with Crippen LogP contribution in [0.5, 0.6) is 0 Å². The summed E-state index contributed by atoms with van der Waals surface area (Å²) in [7, 11) is 0. The molecule has 2 aliphatic rings. The van der Waals surface area contributed by atoms with Crippen molar-refractivity contribution in [3.05, 3.63) is 35.1 Å². The molecule has 1 aromatic carbocycles. The van der Waals surface area contributed by atoms with Crippen LogP contribution in [0.25, 0.3) is 0 Å². The van der Waals surface area contributed by atoms with Crippen molar-refractivity contribution in [1.82, 2.24) is 10.2 Å². The van der Waals surface area contributed by atoms with Crippen molar-refractivity contribution >= 4 is 0 Å². The van der Waals surface area contributed by atoms with Gasteiger partial charge in [0.2, 0.25) is 0 Å². The lowest BCUT2D eigenvalue weighted by atomic mass is 9.89. The van der Waals surface area contributed by atoms with Gasteiger partial charge in [-0.25, -0.2) is 4.39 Å². The fourth-order valence-electron chi connectivity index (χ4n) is 3.67. The lowest BCUT2D eigenvalue weighted by molar-refractivity contribution is 0.145. The van der Waals surface area contributed by atoms with Gasteiger partial charge in [-0.05, 0) is 68.8 Å². The van der Waals surface area contributed by atoms with Gasteiger partial charge in [0.1, 0.15) is 5.82 Å². The first kappa shape index (κ1) is 14.0. The number of hydrogen-bond acceptors (Lipinski definition) is 2. The Morgan fingerprint density at radius 2 is 2.20 bits per heavy atom. The second-order valence-electron chi connectivity index (χ2n) is 6.42. The highest BCUT2D eigenvalue weighted by Gasteiger charge is 2.28. The maximum Gasteiger partial charge on any atom is 0.126 e. The zero-order chi connectivity index (χ0) is 13.9. The fourth-order valence-corrected chi connectivity index (χ4v) is 3.67. The first-order valence-corrected chi connectivity index (χ1v) is 7.93. The number of aryl methyl sites for hydroxylation is 1. The Morgan fingerprint density at radius 3 is 2.95 bits per heavy atom. The number of piperidine rings is 1. The van der Waals surface area contributed by atoms with Crippen molar-refractivity contribution in [2.45, 2.75) is 45.2 Å². The average molecular weight is 276 g/mol. The van der Waals surface area contributed by atoms with E-state index in [1.807, 2.05) is 13.0 Å². The van der Waals surface area contributed by atoms with E-state index >= 15 is 0 Å². The smallest absolute Gasteiger partial charge is 0.126 e. The molecule has 2 aliphatic heterocycles. The van der Waals surface area contributed by atoms with Gasteiger partial charge in [0.05, 0.1) is 0 Å². The normalized spacial score (nSPS) is 27.9. The zero-order valence-corrected chi connectivity index (χ0v) is 12.4. The van der Waals surface area contributed by atoms with Crippen molar-refractivity contribution in [3.8, 4) is 0 Å². The molecule has 20 heavy (non-hydrogen) atoms. The second-order valence-corrected chi connectivity index (χ2v) is 6.42. The highest BCUT2D eigenvalue weighted by atomic mass is 19.1.